The van der Waals surface area contributed by atoms with E-state index >= 15 is 0 Å². The van der Waals surface area contributed by atoms with Gasteiger partial charge in [-0.25, -0.2) is 0 Å². The van der Waals surface area contributed by atoms with Crippen LogP contribution in [0.2, 0.25) is 0 Å². The molecule has 1 aromatic rings. The SMILES string of the molecule is CCCN(CC)CCNC(=O)c1ccccc1CCN. The van der Waals surface area contributed by atoms with Crippen molar-refractivity contribution in [1.29, 1.82) is 0 Å². The maximum atomic E-state index is 12.2. The molecule has 1 rings (SSSR count). The molecule has 20 heavy (non-hydrogen) atoms. The minimum absolute atomic E-state index is 0.00148. The van der Waals surface area contributed by atoms with Gasteiger partial charge in [0.05, 0.1) is 0 Å². The molecule has 0 saturated heterocycles. The number of hydrogen-bond acceptors (Lipinski definition) is 3. The number of benzene rings is 1. The number of rotatable bonds is 9. The maximum absolute atomic E-state index is 12.2. The third kappa shape index (κ3) is 5.31. The second-order valence-corrected chi connectivity index (χ2v) is 4.89. The van der Waals surface area contributed by atoms with Gasteiger partial charge in [0.25, 0.3) is 5.91 Å². The number of hydrogen-bond donors (Lipinski definition) is 2. The monoisotopic (exact) mass is 277 g/mol. The molecule has 112 valence electrons. The van der Waals surface area contributed by atoms with Crippen molar-refractivity contribution < 1.29 is 4.79 Å². The Bertz CT molecular complexity index is 406. The first kappa shape index (κ1) is 16.7. The minimum Gasteiger partial charge on any atom is -0.351 e. The molecule has 0 atom stereocenters. The van der Waals surface area contributed by atoms with Gasteiger partial charge in [-0.05, 0) is 44.1 Å². The molecule has 0 aliphatic heterocycles. The fraction of sp³-hybridized carbons (Fsp3) is 0.562. The van der Waals surface area contributed by atoms with E-state index in [1.807, 2.05) is 24.3 Å². The molecule has 0 radical (unpaired) electrons. The van der Waals surface area contributed by atoms with E-state index in [1.165, 1.54) is 0 Å². The van der Waals surface area contributed by atoms with Crippen LogP contribution in [0.4, 0.5) is 0 Å². The first-order chi connectivity index (χ1) is 9.72. The molecule has 1 amide bonds. The lowest BCUT2D eigenvalue weighted by Gasteiger charge is -2.19. The second kappa shape index (κ2) is 9.50. The molecule has 0 unspecified atom stereocenters. The van der Waals surface area contributed by atoms with Crippen LogP contribution in [0.3, 0.4) is 0 Å². The van der Waals surface area contributed by atoms with Crippen molar-refractivity contribution in [1.82, 2.24) is 10.2 Å². The molecule has 0 aromatic heterocycles. The van der Waals surface area contributed by atoms with Crippen molar-refractivity contribution in [2.24, 2.45) is 5.73 Å². The third-order valence-corrected chi connectivity index (χ3v) is 3.38. The summed E-state index contributed by atoms with van der Waals surface area (Å²) in [7, 11) is 0. The number of nitrogens with zero attached hydrogens (tertiary/aromatic N) is 1. The molecule has 0 fully saturated rings. The van der Waals surface area contributed by atoms with Crippen molar-refractivity contribution >= 4 is 5.91 Å². The summed E-state index contributed by atoms with van der Waals surface area (Å²) in [6.07, 6.45) is 1.88. The summed E-state index contributed by atoms with van der Waals surface area (Å²) in [5.41, 5.74) is 7.35. The lowest BCUT2D eigenvalue weighted by Crippen LogP contribution is -2.35. The van der Waals surface area contributed by atoms with E-state index in [2.05, 4.69) is 24.1 Å². The van der Waals surface area contributed by atoms with Crippen LogP contribution in [0.25, 0.3) is 0 Å². The highest BCUT2D eigenvalue weighted by Gasteiger charge is 2.10. The van der Waals surface area contributed by atoms with Gasteiger partial charge in [0.2, 0.25) is 0 Å². The molecule has 0 bridgehead atoms. The van der Waals surface area contributed by atoms with Gasteiger partial charge in [0, 0.05) is 18.7 Å². The summed E-state index contributed by atoms with van der Waals surface area (Å²) in [5, 5.41) is 3.00. The van der Waals surface area contributed by atoms with Crippen molar-refractivity contribution in [2.75, 3.05) is 32.7 Å². The van der Waals surface area contributed by atoms with Gasteiger partial charge in [0.1, 0.15) is 0 Å². The summed E-state index contributed by atoms with van der Waals surface area (Å²) in [6, 6.07) is 7.67. The summed E-state index contributed by atoms with van der Waals surface area (Å²) >= 11 is 0. The van der Waals surface area contributed by atoms with Gasteiger partial charge >= 0.3 is 0 Å². The lowest BCUT2D eigenvalue weighted by atomic mass is 10.0. The summed E-state index contributed by atoms with van der Waals surface area (Å²) in [5.74, 6) is 0.00148. The fourth-order valence-electron chi connectivity index (χ4n) is 2.28. The van der Waals surface area contributed by atoms with Crippen LogP contribution in [-0.2, 0) is 6.42 Å². The molecule has 4 heteroatoms. The maximum Gasteiger partial charge on any atom is 0.251 e. The van der Waals surface area contributed by atoms with Crippen LogP contribution >= 0.6 is 0 Å². The Morgan fingerprint density at radius 3 is 2.65 bits per heavy atom. The molecule has 4 nitrogen and oxygen atoms in total. The van der Waals surface area contributed by atoms with Crippen LogP contribution in [0.15, 0.2) is 24.3 Å². The lowest BCUT2D eigenvalue weighted by molar-refractivity contribution is 0.0947. The Morgan fingerprint density at radius 1 is 1.25 bits per heavy atom. The number of nitrogens with two attached hydrogens (primary N) is 1. The highest BCUT2D eigenvalue weighted by Crippen LogP contribution is 2.08. The molecular weight excluding hydrogens is 250 g/mol. The Kier molecular flexibility index (Phi) is 7.92. The topological polar surface area (TPSA) is 58.4 Å². The first-order valence-corrected chi connectivity index (χ1v) is 7.51. The molecular formula is C16H27N3O. The van der Waals surface area contributed by atoms with Crippen molar-refractivity contribution in [2.45, 2.75) is 26.7 Å². The van der Waals surface area contributed by atoms with Crippen LogP contribution in [-0.4, -0.2) is 43.5 Å². The zero-order valence-electron chi connectivity index (χ0n) is 12.7. The van der Waals surface area contributed by atoms with Gasteiger partial charge in [-0.15, -0.1) is 0 Å². The van der Waals surface area contributed by atoms with E-state index in [9.17, 15) is 4.79 Å². The largest absolute Gasteiger partial charge is 0.351 e. The van der Waals surface area contributed by atoms with E-state index in [-0.39, 0.29) is 5.91 Å². The van der Waals surface area contributed by atoms with Gasteiger partial charge in [-0.2, -0.15) is 0 Å². The van der Waals surface area contributed by atoms with Crippen molar-refractivity contribution in [3.05, 3.63) is 35.4 Å². The zero-order valence-corrected chi connectivity index (χ0v) is 12.7. The Balaban J connectivity index is 2.50. The number of nitrogens with one attached hydrogen (secondary N) is 1. The molecule has 3 N–H and O–H groups in total. The Hall–Kier alpha value is -1.39. The summed E-state index contributed by atoms with van der Waals surface area (Å²) < 4.78 is 0. The van der Waals surface area contributed by atoms with E-state index in [0.717, 1.165) is 43.6 Å². The van der Waals surface area contributed by atoms with Crippen LogP contribution in [0.1, 0.15) is 36.2 Å². The van der Waals surface area contributed by atoms with Crippen LogP contribution < -0.4 is 11.1 Å². The van der Waals surface area contributed by atoms with Crippen LogP contribution in [0, 0.1) is 0 Å². The van der Waals surface area contributed by atoms with Gasteiger partial charge < -0.3 is 16.0 Å². The summed E-state index contributed by atoms with van der Waals surface area (Å²) in [6.45, 7) is 8.56. The number of likely N-dealkylation sites (N-methyl/N-ethyl adjacent to an activating group) is 1. The van der Waals surface area contributed by atoms with Crippen molar-refractivity contribution in [3.8, 4) is 0 Å². The summed E-state index contributed by atoms with van der Waals surface area (Å²) in [4.78, 5) is 14.5. The average Bonchev–Trinajstić information content (AvgIpc) is 2.47. The number of carbonyl (C=O) groups excluding carboxylic acids is 1. The van der Waals surface area contributed by atoms with Gasteiger partial charge in [-0.3, -0.25) is 4.79 Å². The molecule has 0 spiro atoms. The zero-order chi connectivity index (χ0) is 14.8. The first-order valence-electron chi connectivity index (χ1n) is 7.51. The molecule has 0 saturated carbocycles. The highest BCUT2D eigenvalue weighted by atomic mass is 16.1. The third-order valence-electron chi connectivity index (χ3n) is 3.38. The van der Waals surface area contributed by atoms with E-state index < -0.39 is 0 Å². The number of amides is 1. The van der Waals surface area contributed by atoms with Crippen LogP contribution in [0.5, 0.6) is 0 Å². The smallest absolute Gasteiger partial charge is 0.251 e. The highest BCUT2D eigenvalue weighted by molar-refractivity contribution is 5.95. The standard InChI is InChI=1S/C16H27N3O/c1-3-12-19(4-2)13-11-18-16(20)15-8-6-5-7-14(15)9-10-17/h5-8H,3-4,9-13,17H2,1-2H3,(H,18,20). The van der Waals surface area contributed by atoms with Gasteiger partial charge in [0.15, 0.2) is 0 Å². The quantitative estimate of drug-likeness (QED) is 0.721. The van der Waals surface area contributed by atoms with E-state index in [4.69, 9.17) is 5.73 Å². The molecule has 0 heterocycles. The number of carbonyl (C=O) groups is 1. The molecule has 0 aliphatic carbocycles. The molecule has 0 aliphatic rings. The Morgan fingerprint density at radius 2 is 2.00 bits per heavy atom. The normalized spacial score (nSPS) is 10.8. The fourth-order valence-corrected chi connectivity index (χ4v) is 2.28. The Labute approximate surface area is 122 Å². The second-order valence-electron chi connectivity index (χ2n) is 4.89. The predicted octanol–water partition coefficient (Wildman–Crippen LogP) is 1.65. The minimum atomic E-state index is 0.00148. The predicted molar refractivity (Wildman–Crippen MR) is 83.9 cm³/mol. The van der Waals surface area contributed by atoms with Crippen molar-refractivity contribution in [3.63, 3.8) is 0 Å². The van der Waals surface area contributed by atoms with E-state index in [0.29, 0.717) is 13.1 Å². The average molecular weight is 277 g/mol. The molecule has 1 aromatic carbocycles. The van der Waals surface area contributed by atoms with E-state index in [1.54, 1.807) is 0 Å². The van der Waals surface area contributed by atoms with Gasteiger partial charge in [-0.1, -0.05) is 32.0 Å².